The number of carbonyl (C=O) groups is 1. The van der Waals surface area contributed by atoms with Gasteiger partial charge in [0.05, 0.1) is 17.6 Å². The molecule has 0 spiro atoms. The number of aryl methyl sites for hydroxylation is 2. The fraction of sp³-hybridized carbons (Fsp3) is 0.350. The zero-order chi connectivity index (χ0) is 20.4. The third kappa shape index (κ3) is 3.96. The summed E-state index contributed by atoms with van der Waals surface area (Å²) in [5, 5.41) is 13.0. The van der Waals surface area contributed by atoms with Gasteiger partial charge in [-0.2, -0.15) is 5.10 Å². The Morgan fingerprint density at radius 1 is 1.21 bits per heavy atom. The first-order valence-corrected chi connectivity index (χ1v) is 9.05. The van der Waals surface area contributed by atoms with Crippen LogP contribution in [0.3, 0.4) is 0 Å². The molecule has 28 heavy (non-hydrogen) atoms. The third-order valence-electron chi connectivity index (χ3n) is 4.63. The molecule has 0 bridgehead atoms. The van der Waals surface area contributed by atoms with Gasteiger partial charge < -0.3 is 9.73 Å². The molecule has 1 unspecified atom stereocenters. The number of amides is 1. The summed E-state index contributed by atoms with van der Waals surface area (Å²) in [5.41, 5.74) is 1.08. The lowest BCUT2D eigenvalue weighted by Crippen LogP contribution is -2.33. The highest BCUT2D eigenvalue weighted by Gasteiger charge is 2.20. The fourth-order valence-corrected chi connectivity index (χ4v) is 3.31. The number of hydrogen-bond acceptors (Lipinski definition) is 5. The van der Waals surface area contributed by atoms with Crippen LogP contribution < -0.4 is 16.2 Å². The van der Waals surface area contributed by atoms with Crippen molar-refractivity contribution in [1.82, 2.24) is 15.5 Å². The number of furan rings is 1. The predicted molar refractivity (Wildman–Crippen MR) is 105 cm³/mol. The van der Waals surface area contributed by atoms with Gasteiger partial charge >= 0.3 is 0 Å². The minimum Gasteiger partial charge on any atom is -0.444 e. The minimum atomic E-state index is -0.424. The largest absolute Gasteiger partial charge is 0.444 e. The van der Waals surface area contributed by atoms with Crippen LogP contribution >= 0.6 is 0 Å². The molecule has 8 heteroatoms. The van der Waals surface area contributed by atoms with E-state index in [0.29, 0.717) is 16.8 Å². The molecule has 0 fully saturated rings. The highest BCUT2D eigenvalue weighted by atomic mass is 19.1. The van der Waals surface area contributed by atoms with Gasteiger partial charge in [0.15, 0.2) is 0 Å². The number of rotatable bonds is 6. The highest BCUT2D eigenvalue weighted by molar-refractivity contribution is 6.01. The Kier molecular flexibility index (Phi) is 5.60. The van der Waals surface area contributed by atoms with Crippen molar-refractivity contribution in [2.75, 3.05) is 11.9 Å². The Hall–Kier alpha value is -3.00. The number of fused-ring (bicyclic) bond motifs is 1. The van der Waals surface area contributed by atoms with E-state index >= 15 is 0 Å². The van der Waals surface area contributed by atoms with E-state index in [4.69, 9.17) is 4.42 Å². The molecule has 0 saturated carbocycles. The van der Waals surface area contributed by atoms with Crippen molar-refractivity contribution in [2.24, 2.45) is 5.92 Å². The molecule has 2 heterocycles. The zero-order valence-electron chi connectivity index (χ0n) is 16.2. The maximum absolute atomic E-state index is 13.2. The molecule has 2 aromatic heterocycles. The van der Waals surface area contributed by atoms with Crippen LogP contribution in [0.25, 0.3) is 10.8 Å². The SMILES string of the molecule is Cc1n[nH]c(=O)c2c(NC(=O)CNC(c3ccc(F)cc3)C(C)C)oc(C)c12. The first-order valence-electron chi connectivity index (χ1n) is 9.05. The lowest BCUT2D eigenvalue weighted by Gasteiger charge is -2.22. The van der Waals surface area contributed by atoms with Gasteiger partial charge in [0.25, 0.3) is 5.56 Å². The van der Waals surface area contributed by atoms with E-state index in [2.05, 4.69) is 20.8 Å². The Balaban J connectivity index is 1.75. The van der Waals surface area contributed by atoms with Crippen LogP contribution in [0.1, 0.15) is 36.9 Å². The normalized spacial score (nSPS) is 12.5. The highest BCUT2D eigenvalue weighted by Crippen LogP contribution is 2.28. The molecule has 3 N–H and O–H groups in total. The number of nitrogens with one attached hydrogen (secondary N) is 3. The number of anilines is 1. The van der Waals surface area contributed by atoms with Gasteiger partial charge in [-0.1, -0.05) is 26.0 Å². The molecule has 7 nitrogen and oxygen atoms in total. The van der Waals surface area contributed by atoms with Crippen LogP contribution in [-0.4, -0.2) is 22.6 Å². The van der Waals surface area contributed by atoms with Crippen LogP contribution in [-0.2, 0) is 4.79 Å². The first kappa shape index (κ1) is 19.8. The van der Waals surface area contributed by atoms with E-state index in [1.807, 2.05) is 13.8 Å². The van der Waals surface area contributed by atoms with Crippen molar-refractivity contribution in [1.29, 1.82) is 0 Å². The Morgan fingerprint density at radius 2 is 1.89 bits per heavy atom. The number of halogens is 1. The molecule has 1 atom stereocenters. The van der Waals surface area contributed by atoms with E-state index in [1.165, 1.54) is 12.1 Å². The maximum Gasteiger partial charge on any atom is 0.277 e. The summed E-state index contributed by atoms with van der Waals surface area (Å²) in [6, 6.07) is 6.06. The second kappa shape index (κ2) is 7.93. The Bertz CT molecular complexity index is 1050. The molecule has 0 radical (unpaired) electrons. The van der Waals surface area contributed by atoms with Crippen molar-refractivity contribution in [2.45, 2.75) is 33.7 Å². The zero-order valence-corrected chi connectivity index (χ0v) is 16.2. The van der Waals surface area contributed by atoms with Gasteiger partial charge in [0.1, 0.15) is 17.0 Å². The van der Waals surface area contributed by atoms with Crippen LogP contribution in [0.4, 0.5) is 10.3 Å². The standard InChI is InChI=1S/C20H23FN4O3/c1-10(2)18(13-5-7-14(21)8-6-13)22-9-15(26)23-20-17-16(12(4)28-20)11(3)24-25-19(17)27/h5-8,10,18,22H,9H2,1-4H3,(H,23,26)(H,25,27). The second-order valence-electron chi connectivity index (χ2n) is 7.08. The number of aromatic nitrogens is 2. The van der Waals surface area contributed by atoms with Gasteiger partial charge in [0.2, 0.25) is 11.8 Å². The molecule has 1 amide bonds. The number of nitrogens with zero attached hydrogens (tertiary/aromatic N) is 1. The smallest absolute Gasteiger partial charge is 0.277 e. The summed E-state index contributed by atoms with van der Waals surface area (Å²) in [6.45, 7) is 7.50. The van der Waals surface area contributed by atoms with Crippen LogP contribution in [0.15, 0.2) is 33.5 Å². The third-order valence-corrected chi connectivity index (χ3v) is 4.63. The quantitative estimate of drug-likeness (QED) is 0.604. The van der Waals surface area contributed by atoms with Crippen LogP contribution in [0.5, 0.6) is 0 Å². The number of carbonyl (C=O) groups excluding carboxylic acids is 1. The minimum absolute atomic E-state index is 0.00341. The van der Waals surface area contributed by atoms with Gasteiger partial charge in [-0.05, 0) is 37.5 Å². The summed E-state index contributed by atoms with van der Waals surface area (Å²) in [4.78, 5) is 24.6. The number of hydrogen-bond donors (Lipinski definition) is 3. The van der Waals surface area contributed by atoms with E-state index in [-0.39, 0.29) is 41.5 Å². The fourth-order valence-electron chi connectivity index (χ4n) is 3.31. The Labute approximate surface area is 161 Å². The van der Waals surface area contributed by atoms with Crippen LogP contribution in [0.2, 0.25) is 0 Å². The number of benzene rings is 1. The number of aromatic amines is 1. The lowest BCUT2D eigenvalue weighted by atomic mass is 9.96. The molecular formula is C20H23FN4O3. The van der Waals surface area contributed by atoms with Gasteiger partial charge in [0, 0.05) is 6.04 Å². The predicted octanol–water partition coefficient (Wildman–Crippen LogP) is 3.20. The monoisotopic (exact) mass is 386 g/mol. The van der Waals surface area contributed by atoms with Crippen molar-refractivity contribution >= 4 is 22.6 Å². The van der Waals surface area contributed by atoms with Crippen molar-refractivity contribution in [3.05, 3.63) is 57.5 Å². The van der Waals surface area contributed by atoms with Crippen molar-refractivity contribution < 1.29 is 13.6 Å². The van der Waals surface area contributed by atoms with Crippen molar-refractivity contribution in [3.8, 4) is 0 Å². The van der Waals surface area contributed by atoms with Crippen LogP contribution in [0, 0.1) is 25.6 Å². The van der Waals surface area contributed by atoms with E-state index in [1.54, 1.807) is 26.0 Å². The average molecular weight is 386 g/mol. The molecule has 0 aliphatic heterocycles. The van der Waals surface area contributed by atoms with Gasteiger partial charge in [-0.25, -0.2) is 9.49 Å². The van der Waals surface area contributed by atoms with E-state index in [9.17, 15) is 14.0 Å². The summed E-state index contributed by atoms with van der Waals surface area (Å²) in [7, 11) is 0. The van der Waals surface area contributed by atoms with E-state index in [0.717, 1.165) is 5.56 Å². The summed E-state index contributed by atoms with van der Waals surface area (Å²) in [6.07, 6.45) is 0. The molecule has 3 rings (SSSR count). The average Bonchev–Trinajstić information content (AvgIpc) is 2.97. The molecule has 0 aliphatic carbocycles. The summed E-state index contributed by atoms with van der Waals surface area (Å²) >= 11 is 0. The van der Waals surface area contributed by atoms with Gasteiger partial charge in [-0.15, -0.1) is 0 Å². The topological polar surface area (TPSA) is 100 Å². The van der Waals surface area contributed by atoms with Crippen molar-refractivity contribution in [3.63, 3.8) is 0 Å². The maximum atomic E-state index is 13.2. The molecule has 0 saturated heterocycles. The van der Waals surface area contributed by atoms with Gasteiger partial charge in [-0.3, -0.25) is 14.9 Å². The molecule has 148 valence electrons. The molecular weight excluding hydrogens is 363 g/mol. The summed E-state index contributed by atoms with van der Waals surface area (Å²) in [5.74, 6) is 0.146. The second-order valence-corrected chi connectivity index (χ2v) is 7.08. The molecule has 0 aliphatic rings. The lowest BCUT2D eigenvalue weighted by molar-refractivity contribution is -0.115. The van der Waals surface area contributed by atoms with E-state index < -0.39 is 5.56 Å². The summed E-state index contributed by atoms with van der Waals surface area (Å²) < 4.78 is 18.8. The molecule has 1 aromatic carbocycles. The molecule has 3 aromatic rings. The first-order chi connectivity index (χ1) is 13.3. The Morgan fingerprint density at radius 3 is 2.54 bits per heavy atom. The number of H-pyrrole nitrogens is 1.